The quantitative estimate of drug-likeness (QED) is 0.179. The summed E-state index contributed by atoms with van der Waals surface area (Å²) in [5.41, 5.74) is -2.40. The second-order valence-electron chi connectivity index (χ2n) is 13.9. The monoisotopic (exact) mass is 705 g/mol. The molecule has 1 amide bonds. The average molecular weight is 706 g/mol. The Bertz CT molecular complexity index is 1850. The molecule has 0 bridgehead atoms. The van der Waals surface area contributed by atoms with E-state index in [1.54, 1.807) is 20.8 Å². The summed E-state index contributed by atoms with van der Waals surface area (Å²) < 4.78 is 90.7. The SMILES string of the molecule is Cc1ccc(F)c(C)c1-c1cc(C2CC2)c(F)c([C@H](CC(=O)O)NC(=O)[C@H](CC(C)C)n2cc(CCN3CCC3)c(C(F)(F)F)cc2=O)c1F. The predicted molar refractivity (Wildman–Crippen MR) is 175 cm³/mol. The Balaban J connectivity index is 1.61. The van der Waals surface area contributed by atoms with Gasteiger partial charge < -0.3 is 19.9 Å². The smallest absolute Gasteiger partial charge is 0.416 e. The summed E-state index contributed by atoms with van der Waals surface area (Å²) in [6.45, 7) is 8.31. The summed E-state index contributed by atoms with van der Waals surface area (Å²) in [6, 6.07) is 1.22. The number of aliphatic carboxylic acids is 1. The van der Waals surface area contributed by atoms with Gasteiger partial charge in [-0.2, -0.15) is 13.2 Å². The van der Waals surface area contributed by atoms with Crippen molar-refractivity contribution in [3.05, 3.63) is 91.6 Å². The standard InChI is InChI=1S/C37H41F6N3O4/c1-19(2)14-29(46-18-23(10-13-45-11-5-12-45)26(16-30(46)47)37(41,42)43)36(50)44-28(17-31(48)49)33-34(39)24(22-7-8-22)15-25(35(33)40)32-20(3)6-9-27(38)21(32)4/h6,9,15-16,18-19,22,28-29H,5,7-8,10-14,17H2,1-4H3,(H,44,50)(H,48,49)/t28-,29-/m0/s1. The number of alkyl halides is 3. The lowest BCUT2D eigenvalue weighted by atomic mass is 9.88. The molecule has 13 heteroatoms. The van der Waals surface area contributed by atoms with Crippen LogP contribution >= 0.6 is 0 Å². The van der Waals surface area contributed by atoms with E-state index < -0.39 is 70.7 Å². The van der Waals surface area contributed by atoms with Crippen LogP contribution in [0.25, 0.3) is 11.1 Å². The minimum absolute atomic E-state index is 0.0428. The normalized spacial score (nSPS) is 16.3. The number of pyridine rings is 1. The number of halogens is 6. The summed E-state index contributed by atoms with van der Waals surface area (Å²) in [6.07, 6.45) is -2.76. The van der Waals surface area contributed by atoms with Gasteiger partial charge in [-0.15, -0.1) is 0 Å². The molecular weight excluding hydrogens is 664 g/mol. The number of likely N-dealkylation sites (tertiary alicyclic amines) is 1. The van der Waals surface area contributed by atoms with Gasteiger partial charge in [0, 0.05) is 29.9 Å². The van der Waals surface area contributed by atoms with Crippen molar-refractivity contribution in [2.45, 2.75) is 90.4 Å². The van der Waals surface area contributed by atoms with Crippen molar-refractivity contribution in [3.63, 3.8) is 0 Å². The third-order valence-electron chi connectivity index (χ3n) is 9.65. The van der Waals surface area contributed by atoms with Crippen LogP contribution in [0.15, 0.2) is 35.3 Å². The van der Waals surface area contributed by atoms with Crippen molar-refractivity contribution in [1.82, 2.24) is 14.8 Å². The van der Waals surface area contributed by atoms with Gasteiger partial charge in [0.05, 0.1) is 18.0 Å². The van der Waals surface area contributed by atoms with Gasteiger partial charge >= 0.3 is 12.1 Å². The molecule has 2 N–H and O–H groups in total. The zero-order chi connectivity index (χ0) is 36.7. The number of carbonyl (C=O) groups excluding carboxylic acids is 1. The Hall–Kier alpha value is -4.13. The molecule has 1 saturated carbocycles. The molecule has 0 radical (unpaired) electrons. The van der Waals surface area contributed by atoms with Crippen LogP contribution in [0.3, 0.4) is 0 Å². The van der Waals surface area contributed by atoms with Crippen molar-refractivity contribution >= 4 is 11.9 Å². The number of nitrogens with one attached hydrogen (secondary N) is 1. The second kappa shape index (κ2) is 14.6. The number of carboxylic acid groups (broad SMARTS) is 1. The number of benzene rings is 2. The molecule has 1 aliphatic heterocycles. The predicted octanol–water partition coefficient (Wildman–Crippen LogP) is 7.61. The maximum Gasteiger partial charge on any atom is 0.416 e. The van der Waals surface area contributed by atoms with Gasteiger partial charge in [-0.25, -0.2) is 13.2 Å². The van der Waals surface area contributed by atoms with Crippen LogP contribution < -0.4 is 10.9 Å². The molecule has 270 valence electrons. The molecule has 2 aromatic carbocycles. The van der Waals surface area contributed by atoms with Gasteiger partial charge in [-0.05, 0) is 111 Å². The maximum atomic E-state index is 16.6. The van der Waals surface area contributed by atoms with Crippen LogP contribution in [0.2, 0.25) is 0 Å². The average Bonchev–Trinajstić information content (AvgIpc) is 3.83. The molecule has 0 spiro atoms. The van der Waals surface area contributed by atoms with Gasteiger partial charge in [0.2, 0.25) is 5.91 Å². The number of carbonyl (C=O) groups is 2. The first-order chi connectivity index (χ1) is 23.5. The fourth-order valence-electron chi connectivity index (χ4n) is 6.74. The topological polar surface area (TPSA) is 91.6 Å². The Morgan fingerprint density at radius 1 is 1.04 bits per heavy atom. The van der Waals surface area contributed by atoms with E-state index in [1.165, 1.54) is 25.1 Å². The molecule has 3 aromatic rings. The molecule has 7 nitrogen and oxygen atoms in total. The molecular formula is C37H41F6N3O4. The maximum absolute atomic E-state index is 16.6. The van der Waals surface area contributed by atoms with E-state index in [4.69, 9.17) is 0 Å². The lowest BCUT2D eigenvalue weighted by molar-refractivity contribution is -0.139. The number of carboxylic acids is 1. The van der Waals surface area contributed by atoms with Crippen LogP contribution in [0, 0.1) is 37.2 Å². The number of amides is 1. The van der Waals surface area contributed by atoms with Gasteiger partial charge in [-0.1, -0.05) is 19.9 Å². The van der Waals surface area contributed by atoms with Crippen molar-refractivity contribution < 1.29 is 41.0 Å². The van der Waals surface area contributed by atoms with Crippen LogP contribution in [0.5, 0.6) is 0 Å². The van der Waals surface area contributed by atoms with Crippen molar-refractivity contribution in [2.75, 3.05) is 19.6 Å². The van der Waals surface area contributed by atoms with Crippen LogP contribution in [0.4, 0.5) is 26.3 Å². The Kier molecular flexibility index (Phi) is 10.9. The fraction of sp³-hybridized carbons (Fsp3) is 0.486. The minimum Gasteiger partial charge on any atom is -0.481 e. The zero-order valence-corrected chi connectivity index (χ0v) is 28.4. The van der Waals surface area contributed by atoms with E-state index in [0.29, 0.717) is 31.0 Å². The number of rotatable bonds is 13. The number of aromatic nitrogens is 1. The first-order valence-corrected chi connectivity index (χ1v) is 16.8. The van der Waals surface area contributed by atoms with Crippen LogP contribution in [0.1, 0.15) is 97.3 Å². The molecule has 2 heterocycles. The summed E-state index contributed by atoms with van der Waals surface area (Å²) >= 11 is 0. The Labute approximate surface area is 286 Å². The van der Waals surface area contributed by atoms with Gasteiger partial charge in [0.15, 0.2) is 0 Å². The molecule has 2 fully saturated rings. The molecule has 2 aliphatic rings. The van der Waals surface area contributed by atoms with E-state index in [1.807, 2.05) is 4.90 Å². The number of hydrogen-bond donors (Lipinski definition) is 2. The molecule has 0 unspecified atom stereocenters. The zero-order valence-electron chi connectivity index (χ0n) is 28.4. The van der Waals surface area contributed by atoms with Crippen molar-refractivity contribution in [3.8, 4) is 11.1 Å². The highest BCUT2D eigenvalue weighted by atomic mass is 19.4. The summed E-state index contributed by atoms with van der Waals surface area (Å²) in [7, 11) is 0. The molecule has 1 aliphatic carbocycles. The lowest BCUT2D eigenvalue weighted by Crippen LogP contribution is -2.41. The highest BCUT2D eigenvalue weighted by Gasteiger charge is 2.38. The van der Waals surface area contributed by atoms with E-state index in [0.717, 1.165) is 30.3 Å². The summed E-state index contributed by atoms with van der Waals surface area (Å²) in [5, 5.41) is 12.3. The van der Waals surface area contributed by atoms with E-state index in [-0.39, 0.29) is 52.5 Å². The fourth-order valence-corrected chi connectivity index (χ4v) is 6.74. The van der Waals surface area contributed by atoms with Crippen molar-refractivity contribution in [2.24, 2.45) is 5.92 Å². The Morgan fingerprint density at radius 2 is 1.72 bits per heavy atom. The van der Waals surface area contributed by atoms with Gasteiger partial charge in [0.1, 0.15) is 23.5 Å². The third-order valence-corrected chi connectivity index (χ3v) is 9.65. The largest absolute Gasteiger partial charge is 0.481 e. The second-order valence-corrected chi connectivity index (χ2v) is 13.9. The Morgan fingerprint density at radius 3 is 2.28 bits per heavy atom. The van der Waals surface area contributed by atoms with Gasteiger partial charge in [-0.3, -0.25) is 14.4 Å². The van der Waals surface area contributed by atoms with Crippen molar-refractivity contribution in [1.29, 1.82) is 0 Å². The molecule has 1 aromatic heterocycles. The van der Waals surface area contributed by atoms with Gasteiger partial charge in [0.25, 0.3) is 5.56 Å². The number of hydrogen-bond acceptors (Lipinski definition) is 4. The first-order valence-electron chi connectivity index (χ1n) is 16.8. The van der Waals surface area contributed by atoms with Crippen LogP contribution in [-0.2, 0) is 22.2 Å². The van der Waals surface area contributed by atoms with E-state index >= 15 is 8.78 Å². The van der Waals surface area contributed by atoms with Crippen LogP contribution in [-0.4, -0.2) is 46.1 Å². The third kappa shape index (κ3) is 7.92. The minimum atomic E-state index is -4.83. The lowest BCUT2D eigenvalue weighted by Gasteiger charge is -2.31. The molecule has 50 heavy (non-hydrogen) atoms. The highest BCUT2D eigenvalue weighted by Crippen LogP contribution is 2.46. The van der Waals surface area contributed by atoms with E-state index in [9.17, 15) is 37.1 Å². The number of nitrogens with zero attached hydrogens (tertiary/aromatic N) is 2. The molecule has 5 rings (SSSR count). The molecule has 2 atom stereocenters. The highest BCUT2D eigenvalue weighted by molar-refractivity contribution is 5.82. The first kappa shape index (κ1) is 37.1. The summed E-state index contributed by atoms with van der Waals surface area (Å²) in [4.78, 5) is 41.4. The van der Waals surface area contributed by atoms with E-state index in [2.05, 4.69) is 5.32 Å². The molecule has 1 saturated heterocycles. The summed E-state index contributed by atoms with van der Waals surface area (Å²) in [5.74, 6) is -5.89. The number of aryl methyl sites for hydroxylation is 1.